The average molecular weight is 386 g/mol. The number of hydrogen-bond acceptors (Lipinski definition) is 2. The van der Waals surface area contributed by atoms with Crippen molar-refractivity contribution in [3.05, 3.63) is 99.5 Å². The topological polar surface area (TPSA) is 51.1 Å². The molecule has 1 amide bonds. The summed E-state index contributed by atoms with van der Waals surface area (Å²) < 4.78 is 40.7. The predicted molar refractivity (Wildman–Crippen MR) is 100 cm³/mol. The number of halogens is 3. The van der Waals surface area contributed by atoms with E-state index in [1.165, 1.54) is 41.1 Å². The second-order valence-electron chi connectivity index (χ2n) is 6.31. The highest BCUT2D eigenvalue weighted by atomic mass is 19.4. The molecule has 2 aromatic carbocycles. The first kappa shape index (κ1) is 19.4. The highest BCUT2D eigenvalue weighted by Crippen LogP contribution is 2.34. The van der Waals surface area contributed by atoms with Crippen LogP contribution in [0, 0.1) is 6.92 Å². The molecule has 1 heterocycles. The van der Waals surface area contributed by atoms with Crippen LogP contribution in [0.25, 0.3) is 0 Å². The van der Waals surface area contributed by atoms with Crippen LogP contribution in [0.4, 0.5) is 18.9 Å². The first-order valence-corrected chi connectivity index (χ1v) is 8.48. The lowest BCUT2D eigenvalue weighted by Crippen LogP contribution is -2.23. The maximum absolute atomic E-state index is 13.1. The SMILES string of the molecule is Cc1ccccc1Cn1cc(C(=O)Nc2ccccc2C(F)(F)F)ccc1=O. The number of amides is 1. The molecule has 1 aromatic heterocycles. The number of para-hydroxylation sites is 1. The first-order valence-electron chi connectivity index (χ1n) is 8.48. The fraction of sp³-hybridized carbons (Fsp3) is 0.143. The maximum Gasteiger partial charge on any atom is 0.418 e. The molecule has 0 aliphatic carbocycles. The lowest BCUT2D eigenvalue weighted by atomic mass is 10.1. The van der Waals surface area contributed by atoms with Gasteiger partial charge in [-0.15, -0.1) is 0 Å². The smallest absolute Gasteiger partial charge is 0.321 e. The van der Waals surface area contributed by atoms with Crippen molar-refractivity contribution in [1.82, 2.24) is 4.57 Å². The molecule has 1 N–H and O–H groups in total. The van der Waals surface area contributed by atoms with E-state index in [2.05, 4.69) is 5.32 Å². The third-order valence-corrected chi connectivity index (χ3v) is 4.33. The highest BCUT2D eigenvalue weighted by molar-refractivity contribution is 6.04. The minimum Gasteiger partial charge on any atom is -0.321 e. The van der Waals surface area contributed by atoms with E-state index >= 15 is 0 Å². The molecule has 0 radical (unpaired) electrons. The lowest BCUT2D eigenvalue weighted by molar-refractivity contribution is -0.136. The van der Waals surface area contributed by atoms with Crippen LogP contribution >= 0.6 is 0 Å². The average Bonchev–Trinajstić information content (AvgIpc) is 2.65. The largest absolute Gasteiger partial charge is 0.418 e. The molecule has 0 saturated carbocycles. The monoisotopic (exact) mass is 386 g/mol. The lowest BCUT2D eigenvalue weighted by Gasteiger charge is -2.14. The van der Waals surface area contributed by atoms with Gasteiger partial charge < -0.3 is 9.88 Å². The van der Waals surface area contributed by atoms with Crippen molar-refractivity contribution < 1.29 is 18.0 Å². The zero-order chi connectivity index (χ0) is 20.3. The molecule has 4 nitrogen and oxygen atoms in total. The Bertz CT molecular complexity index is 1070. The Labute approximate surface area is 159 Å². The minimum absolute atomic E-state index is 0.0881. The number of hydrogen-bond donors (Lipinski definition) is 1. The predicted octanol–water partition coefficient (Wildman–Crippen LogP) is 4.48. The molecule has 7 heteroatoms. The van der Waals surface area contributed by atoms with Crippen LogP contribution < -0.4 is 10.9 Å². The van der Waals surface area contributed by atoms with E-state index in [0.29, 0.717) is 0 Å². The molecule has 0 bridgehead atoms. The summed E-state index contributed by atoms with van der Waals surface area (Å²) in [7, 11) is 0. The van der Waals surface area contributed by atoms with Gasteiger partial charge in [0.15, 0.2) is 0 Å². The Morgan fingerprint density at radius 2 is 1.68 bits per heavy atom. The van der Waals surface area contributed by atoms with Crippen molar-refractivity contribution in [2.75, 3.05) is 5.32 Å². The van der Waals surface area contributed by atoms with Gasteiger partial charge in [-0.2, -0.15) is 13.2 Å². The summed E-state index contributed by atoms with van der Waals surface area (Å²) >= 11 is 0. The Hall–Kier alpha value is -3.35. The van der Waals surface area contributed by atoms with E-state index < -0.39 is 17.6 Å². The summed E-state index contributed by atoms with van der Waals surface area (Å²) in [6, 6.07) is 14.8. The van der Waals surface area contributed by atoms with Crippen molar-refractivity contribution in [3.8, 4) is 0 Å². The highest BCUT2D eigenvalue weighted by Gasteiger charge is 2.33. The van der Waals surface area contributed by atoms with Crippen LogP contribution in [0.1, 0.15) is 27.0 Å². The fourth-order valence-electron chi connectivity index (χ4n) is 2.79. The number of pyridine rings is 1. The van der Waals surface area contributed by atoms with Crippen LogP contribution in [0.2, 0.25) is 0 Å². The van der Waals surface area contributed by atoms with Gasteiger partial charge in [-0.05, 0) is 36.2 Å². The quantitative estimate of drug-likeness (QED) is 0.719. The molecule has 0 atom stereocenters. The summed E-state index contributed by atoms with van der Waals surface area (Å²) in [4.78, 5) is 24.6. The molecular formula is C21H17F3N2O2. The van der Waals surface area contributed by atoms with Crippen molar-refractivity contribution in [1.29, 1.82) is 0 Å². The van der Waals surface area contributed by atoms with Gasteiger partial charge in [-0.25, -0.2) is 0 Å². The van der Waals surface area contributed by atoms with E-state index in [1.54, 1.807) is 0 Å². The molecule has 144 valence electrons. The van der Waals surface area contributed by atoms with Gasteiger partial charge in [0.2, 0.25) is 0 Å². The third kappa shape index (κ3) is 4.31. The van der Waals surface area contributed by atoms with E-state index in [-0.39, 0.29) is 23.4 Å². The van der Waals surface area contributed by atoms with Crippen molar-refractivity contribution in [3.63, 3.8) is 0 Å². The molecule has 0 spiro atoms. The number of carbonyl (C=O) groups excluding carboxylic acids is 1. The normalized spacial score (nSPS) is 11.3. The first-order chi connectivity index (χ1) is 13.3. The number of rotatable bonds is 4. The Kier molecular flexibility index (Phi) is 5.35. The number of carbonyl (C=O) groups is 1. The Balaban J connectivity index is 1.88. The summed E-state index contributed by atoms with van der Waals surface area (Å²) in [5, 5.41) is 2.28. The molecule has 3 rings (SSSR count). The molecule has 0 saturated heterocycles. The number of anilines is 1. The van der Waals surface area contributed by atoms with Crippen LogP contribution in [0.5, 0.6) is 0 Å². The standard InChI is InChI=1S/C21H17F3N2O2/c1-14-6-2-3-7-15(14)12-26-13-16(10-11-19(26)27)20(28)25-18-9-5-4-8-17(18)21(22,23)24/h2-11,13H,12H2,1H3,(H,25,28). The van der Waals surface area contributed by atoms with E-state index in [4.69, 9.17) is 0 Å². The van der Waals surface area contributed by atoms with Crippen molar-refractivity contribution in [2.24, 2.45) is 0 Å². The molecule has 0 aliphatic rings. The van der Waals surface area contributed by atoms with E-state index in [0.717, 1.165) is 17.2 Å². The third-order valence-electron chi connectivity index (χ3n) is 4.33. The number of nitrogens with one attached hydrogen (secondary N) is 1. The van der Waals surface area contributed by atoms with Crippen LogP contribution in [0.15, 0.2) is 71.7 Å². The number of benzene rings is 2. The van der Waals surface area contributed by atoms with Gasteiger partial charge in [0.05, 0.1) is 23.4 Å². The summed E-state index contributed by atoms with van der Waals surface area (Å²) in [6.07, 6.45) is -3.24. The van der Waals surface area contributed by atoms with Gasteiger partial charge in [-0.3, -0.25) is 9.59 Å². The number of alkyl halides is 3. The zero-order valence-electron chi connectivity index (χ0n) is 15.0. The van der Waals surface area contributed by atoms with Crippen LogP contribution in [-0.4, -0.2) is 10.5 Å². The molecule has 28 heavy (non-hydrogen) atoms. The Morgan fingerprint density at radius 3 is 2.39 bits per heavy atom. The van der Waals surface area contributed by atoms with Gasteiger partial charge in [0, 0.05) is 12.3 Å². The fourth-order valence-corrected chi connectivity index (χ4v) is 2.79. The second-order valence-corrected chi connectivity index (χ2v) is 6.31. The maximum atomic E-state index is 13.1. The molecule has 3 aromatic rings. The van der Waals surface area contributed by atoms with E-state index in [1.807, 2.05) is 31.2 Å². The van der Waals surface area contributed by atoms with Crippen molar-refractivity contribution in [2.45, 2.75) is 19.6 Å². The summed E-state index contributed by atoms with van der Waals surface area (Å²) in [5.41, 5.74) is 0.404. The van der Waals surface area contributed by atoms with Crippen LogP contribution in [0.3, 0.4) is 0 Å². The number of nitrogens with zero attached hydrogens (tertiary/aromatic N) is 1. The molecule has 0 aliphatic heterocycles. The summed E-state index contributed by atoms with van der Waals surface area (Å²) in [5.74, 6) is -0.727. The number of aryl methyl sites for hydroxylation is 1. The minimum atomic E-state index is -4.59. The molecule has 0 unspecified atom stereocenters. The van der Waals surface area contributed by atoms with Gasteiger partial charge >= 0.3 is 6.18 Å². The number of aromatic nitrogens is 1. The Morgan fingerprint density at radius 1 is 1.00 bits per heavy atom. The zero-order valence-corrected chi connectivity index (χ0v) is 15.0. The van der Waals surface area contributed by atoms with Gasteiger partial charge in [-0.1, -0.05) is 36.4 Å². The molecule has 0 fully saturated rings. The second kappa shape index (κ2) is 7.72. The van der Waals surface area contributed by atoms with Gasteiger partial charge in [0.25, 0.3) is 11.5 Å². The van der Waals surface area contributed by atoms with Gasteiger partial charge in [0.1, 0.15) is 0 Å². The van der Waals surface area contributed by atoms with Crippen LogP contribution in [-0.2, 0) is 12.7 Å². The molecular weight excluding hydrogens is 369 g/mol. The van der Waals surface area contributed by atoms with E-state index in [9.17, 15) is 22.8 Å². The summed E-state index contributed by atoms with van der Waals surface area (Å²) in [6.45, 7) is 2.16. The van der Waals surface area contributed by atoms with Crippen molar-refractivity contribution >= 4 is 11.6 Å².